The molecular formula is C16H15N3O2. The number of aromatic nitrogens is 1. The Morgan fingerprint density at radius 3 is 2.33 bits per heavy atom. The predicted octanol–water partition coefficient (Wildman–Crippen LogP) is 2.36. The summed E-state index contributed by atoms with van der Waals surface area (Å²) in [5.41, 5.74) is 14.0. The number of Topliss-reactive ketones (excluding diaryl/α,β-unsaturated/α-hetero) is 1. The van der Waals surface area contributed by atoms with Crippen LogP contribution in [0.3, 0.4) is 0 Å². The minimum absolute atomic E-state index is 0.0880. The van der Waals surface area contributed by atoms with E-state index >= 15 is 0 Å². The minimum atomic E-state index is -0.0880. The van der Waals surface area contributed by atoms with E-state index in [-0.39, 0.29) is 11.8 Å². The van der Waals surface area contributed by atoms with E-state index in [2.05, 4.69) is 4.98 Å². The smallest absolute Gasteiger partial charge is 0.229 e. The van der Waals surface area contributed by atoms with E-state index in [1.165, 1.54) is 0 Å². The molecule has 21 heavy (non-hydrogen) atoms. The molecule has 1 heterocycles. The lowest BCUT2D eigenvalue weighted by atomic mass is 10.2. The van der Waals surface area contributed by atoms with Gasteiger partial charge in [-0.15, -0.1) is 0 Å². The standard InChI is InChI=1S/C13H10N2O.C3H5NO/c14-10-6-2-1-5-9(10)13-15-11-7-3-4-8-12(11)16-13;4-2-1-3(2)5/h1-8H,14H2;2H,1,4H2. The number of ketones is 1. The number of nitrogen functional groups attached to an aromatic ring is 1. The normalized spacial score (nSPS) is 16.4. The molecule has 5 nitrogen and oxygen atoms in total. The Balaban J connectivity index is 0.000000225. The number of fused-ring (bicyclic) bond motifs is 1. The number of rotatable bonds is 1. The molecule has 0 spiro atoms. The van der Waals surface area contributed by atoms with Crippen LogP contribution in [0.4, 0.5) is 5.69 Å². The van der Waals surface area contributed by atoms with Crippen molar-refractivity contribution in [3.8, 4) is 11.5 Å². The molecule has 106 valence electrons. The summed E-state index contributed by atoms with van der Waals surface area (Å²) < 4.78 is 5.64. The van der Waals surface area contributed by atoms with Crippen molar-refractivity contribution in [2.24, 2.45) is 5.73 Å². The topological polar surface area (TPSA) is 95.1 Å². The Morgan fingerprint density at radius 1 is 1.10 bits per heavy atom. The van der Waals surface area contributed by atoms with Crippen LogP contribution in [0.2, 0.25) is 0 Å². The van der Waals surface area contributed by atoms with Crippen molar-refractivity contribution in [3.05, 3.63) is 48.5 Å². The predicted molar refractivity (Wildman–Crippen MR) is 81.5 cm³/mol. The van der Waals surface area contributed by atoms with Gasteiger partial charge in [0, 0.05) is 12.1 Å². The zero-order valence-electron chi connectivity index (χ0n) is 11.3. The summed E-state index contributed by atoms with van der Waals surface area (Å²) in [6, 6.07) is 15.1. The third-order valence-electron chi connectivity index (χ3n) is 3.16. The molecular weight excluding hydrogens is 266 g/mol. The van der Waals surface area contributed by atoms with Gasteiger partial charge in [0.05, 0.1) is 11.6 Å². The van der Waals surface area contributed by atoms with Crippen LogP contribution in [0, 0.1) is 0 Å². The first-order chi connectivity index (χ1) is 10.1. The molecule has 0 radical (unpaired) electrons. The molecule has 0 saturated heterocycles. The number of hydrogen-bond donors (Lipinski definition) is 2. The summed E-state index contributed by atoms with van der Waals surface area (Å²) in [6.07, 6.45) is 0.611. The Hall–Kier alpha value is -2.66. The van der Waals surface area contributed by atoms with Gasteiger partial charge in [-0.05, 0) is 24.3 Å². The summed E-state index contributed by atoms with van der Waals surface area (Å²) in [6.45, 7) is 0. The molecule has 1 aromatic heterocycles. The highest BCUT2D eigenvalue weighted by Gasteiger charge is 2.29. The molecule has 4 rings (SSSR count). The van der Waals surface area contributed by atoms with Gasteiger partial charge in [-0.2, -0.15) is 0 Å². The van der Waals surface area contributed by atoms with Crippen LogP contribution in [-0.4, -0.2) is 16.8 Å². The zero-order valence-corrected chi connectivity index (χ0v) is 11.3. The summed E-state index contributed by atoms with van der Waals surface area (Å²) >= 11 is 0. The fourth-order valence-electron chi connectivity index (χ4n) is 1.84. The lowest BCUT2D eigenvalue weighted by molar-refractivity contribution is -0.110. The molecule has 0 bridgehead atoms. The number of oxazole rings is 1. The molecule has 5 heteroatoms. The summed E-state index contributed by atoms with van der Waals surface area (Å²) in [4.78, 5) is 14.2. The van der Waals surface area contributed by atoms with Crippen LogP contribution in [0.15, 0.2) is 52.9 Å². The molecule has 1 aliphatic rings. The van der Waals surface area contributed by atoms with Gasteiger partial charge in [0.1, 0.15) is 5.52 Å². The van der Waals surface area contributed by atoms with E-state index in [1.807, 2.05) is 48.5 Å². The average Bonchev–Trinajstić information content (AvgIpc) is 2.99. The molecule has 1 saturated carbocycles. The van der Waals surface area contributed by atoms with E-state index in [0.717, 1.165) is 16.7 Å². The quantitative estimate of drug-likeness (QED) is 0.668. The van der Waals surface area contributed by atoms with Gasteiger partial charge in [0.25, 0.3) is 0 Å². The van der Waals surface area contributed by atoms with Gasteiger partial charge in [-0.1, -0.05) is 24.3 Å². The second kappa shape index (κ2) is 5.38. The van der Waals surface area contributed by atoms with Crippen LogP contribution in [0.5, 0.6) is 0 Å². The molecule has 1 unspecified atom stereocenters. The Morgan fingerprint density at radius 2 is 1.71 bits per heavy atom. The molecule has 0 aliphatic heterocycles. The first-order valence-corrected chi connectivity index (χ1v) is 6.64. The van der Waals surface area contributed by atoms with Crippen molar-refractivity contribution < 1.29 is 9.21 Å². The SMILES string of the molecule is NC1CC1=O.Nc1ccccc1-c1nc2ccccc2o1. The Kier molecular flexibility index (Phi) is 3.41. The molecule has 1 fully saturated rings. The number of benzene rings is 2. The number of nitrogens with zero attached hydrogens (tertiary/aromatic N) is 1. The maximum absolute atomic E-state index is 9.76. The summed E-state index contributed by atoms with van der Waals surface area (Å²) in [5.74, 6) is 0.768. The highest BCUT2D eigenvalue weighted by atomic mass is 16.3. The van der Waals surface area contributed by atoms with Crippen LogP contribution >= 0.6 is 0 Å². The second-order valence-electron chi connectivity index (χ2n) is 4.85. The van der Waals surface area contributed by atoms with Crippen molar-refractivity contribution in [1.82, 2.24) is 4.98 Å². The zero-order chi connectivity index (χ0) is 14.8. The lowest BCUT2D eigenvalue weighted by Gasteiger charge is -1.98. The number of anilines is 1. The molecule has 4 N–H and O–H groups in total. The summed E-state index contributed by atoms with van der Waals surface area (Å²) in [7, 11) is 0. The Bertz CT molecular complexity index is 762. The maximum atomic E-state index is 9.76. The maximum Gasteiger partial charge on any atom is 0.229 e. The van der Waals surface area contributed by atoms with E-state index in [1.54, 1.807) is 0 Å². The first-order valence-electron chi connectivity index (χ1n) is 6.64. The van der Waals surface area contributed by atoms with Gasteiger partial charge < -0.3 is 15.9 Å². The van der Waals surface area contributed by atoms with Gasteiger partial charge in [-0.25, -0.2) is 4.98 Å². The van der Waals surface area contributed by atoms with Crippen molar-refractivity contribution >= 4 is 22.6 Å². The van der Waals surface area contributed by atoms with Gasteiger partial charge in [0.2, 0.25) is 5.89 Å². The van der Waals surface area contributed by atoms with Crippen molar-refractivity contribution in [1.29, 1.82) is 0 Å². The number of hydrogen-bond acceptors (Lipinski definition) is 5. The first kappa shape index (κ1) is 13.3. The lowest BCUT2D eigenvalue weighted by Crippen LogP contribution is -1.99. The van der Waals surface area contributed by atoms with Crippen LogP contribution < -0.4 is 11.5 Å². The van der Waals surface area contributed by atoms with E-state index in [4.69, 9.17) is 15.9 Å². The largest absolute Gasteiger partial charge is 0.436 e. The van der Waals surface area contributed by atoms with Crippen molar-refractivity contribution in [3.63, 3.8) is 0 Å². The number of carbonyl (C=O) groups excluding carboxylic acids is 1. The fraction of sp³-hybridized carbons (Fsp3) is 0.125. The number of nitrogens with two attached hydrogens (primary N) is 2. The van der Waals surface area contributed by atoms with E-state index in [0.29, 0.717) is 18.0 Å². The van der Waals surface area contributed by atoms with Crippen LogP contribution in [-0.2, 0) is 4.79 Å². The van der Waals surface area contributed by atoms with Crippen molar-refractivity contribution in [2.75, 3.05) is 5.73 Å². The van der Waals surface area contributed by atoms with Gasteiger partial charge >= 0.3 is 0 Å². The van der Waals surface area contributed by atoms with Gasteiger partial charge in [-0.3, -0.25) is 4.79 Å². The molecule has 0 amide bonds. The minimum Gasteiger partial charge on any atom is -0.436 e. The number of para-hydroxylation sites is 3. The fourth-order valence-corrected chi connectivity index (χ4v) is 1.84. The second-order valence-corrected chi connectivity index (χ2v) is 4.85. The van der Waals surface area contributed by atoms with Crippen LogP contribution in [0.1, 0.15) is 6.42 Å². The molecule has 1 aliphatic carbocycles. The summed E-state index contributed by atoms with van der Waals surface area (Å²) in [5, 5.41) is 0. The molecule has 3 aromatic rings. The third kappa shape index (κ3) is 2.93. The third-order valence-corrected chi connectivity index (χ3v) is 3.16. The molecule has 1 atom stereocenters. The monoisotopic (exact) mass is 281 g/mol. The van der Waals surface area contributed by atoms with Crippen LogP contribution in [0.25, 0.3) is 22.6 Å². The van der Waals surface area contributed by atoms with Crippen molar-refractivity contribution in [2.45, 2.75) is 12.5 Å². The number of carbonyl (C=O) groups is 1. The average molecular weight is 281 g/mol. The van der Waals surface area contributed by atoms with E-state index < -0.39 is 0 Å². The molecule has 2 aromatic carbocycles. The van der Waals surface area contributed by atoms with Gasteiger partial charge in [0.15, 0.2) is 11.4 Å². The van der Waals surface area contributed by atoms with E-state index in [9.17, 15) is 4.79 Å². The Labute approximate surface area is 121 Å². The highest BCUT2D eigenvalue weighted by molar-refractivity contribution is 5.99. The highest BCUT2D eigenvalue weighted by Crippen LogP contribution is 2.27.